The Labute approximate surface area is 212 Å². The molecule has 1 unspecified atom stereocenters. The summed E-state index contributed by atoms with van der Waals surface area (Å²) < 4.78 is 42.0. The topological polar surface area (TPSA) is 194 Å². The number of aliphatic hydroxyl groups excluding tert-OH is 2. The van der Waals surface area contributed by atoms with Crippen molar-refractivity contribution in [1.29, 1.82) is 0 Å². The minimum Gasteiger partial charge on any atom is -0.462 e. The van der Waals surface area contributed by atoms with Crippen LogP contribution in [0.5, 0.6) is 5.75 Å². The first-order valence-electron chi connectivity index (χ1n) is 11.3. The van der Waals surface area contributed by atoms with Crippen LogP contribution in [0.25, 0.3) is 0 Å². The second-order valence-electron chi connectivity index (χ2n) is 8.51. The molecule has 0 saturated carbocycles. The molecule has 15 heteroatoms. The van der Waals surface area contributed by atoms with Crippen molar-refractivity contribution in [2.45, 2.75) is 57.1 Å². The number of nitrogens with zero attached hydrogens (tertiary/aromatic N) is 2. The highest BCUT2D eigenvalue weighted by atomic mass is 31.2. The van der Waals surface area contributed by atoms with Gasteiger partial charge in [0.05, 0.1) is 6.10 Å². The predicted molar refractivity (Wildman–Crippen MR) is 129 cm³/mol. The van der Waals surface area contributed by atoms with E-state index >= 15 is 0 Å². The van der Waals surface area contributed by atoms with Gasteiger partial charge in [0.2, 0.25) is 5.79 Å². The fourth-order valence-corrected chi connectivity index (χ4v) is 4.97. The average Bonchev–Trinajstić information content (AvgIpc) is 3.08. The Morgan fingerprint density at radius 2 is 1.95 bits per heavy atom. The Bertz CT molecular complexity index is 1180. The number of rotatable bonds is 11. The van der Waals surface area contributed by atoms with E-state index in [4.69, 9.17) is 29.0 Å². The van der Waals surface area contributed by atoms with Crippen LogP contribution in [0, 0.1) is 0 Å². The number of benzene rings is 1. The molecule has 204 valence electrons. The van der Waals surface area contributed by atoms with E-state index in [2.05, 4.69) is 10.1 Å². The number of para-hydroxylation sites is 1. The Kier molecular flexibility index (Phi) is 9.08. The van der Waals surface area contributed by atoms with Gasteiger partial charge in [0.25, 0.3) is 0 Å². The first kappa shape index (κ1) is 28.7. The molecule has 3 rings (SSSR count). The van der Waals surface area contributed by atoms with E-state index < -0.39 is 62.4 Å². The predicted octanol–water partition coefficient (Wildman–Crippen LogP) is 0.552. The van der Waals surface area contributed by atoms with Crippen LogP contribution in [0.3, 0.4) is 0 Å². The summed E-state index contributed by atoms with van der Waals surface area (Å²) in [7, 11) is -3.20. The molecule has 37 heavy (non-hydrogen) atoms. The van der Waals surface area contributed by atoms with Crippen molar-refractivity contribution in [1.82, 2.24) is 14.6 Å². The van der Waals surface area contributed by atoms with E-state index in [0.29, 0.717) is 0 Å². The molecule has 14 nitrogen and oxygen atoms in total. The number of ether oxygens (including phenoxy) is 3. The van der Waals surface area contributed by atoms with E-state index in [1.54, 1.807) is 32.0 Å². The number of nitrogens with two attached hydrogens (primary N) is 1. The molecular formula is C22H31N4O10P. The molecule has 1 aromatic heterocycles. The first-order chi connectivity index (χ1) is 17.4. The van der Waals surface area contributed by atoms with Crippen molar-refractivity contribution >= 4 is 19.5 Å². The number of anilines is 1. The molecule has 1 aliphatic rings. The van der Waals surface area contributed by atoms with Crippen LogP contribution < -0.4 is 21.0 Å². The number of hydrogen-bond donors (Lipinski definition) is 4. The second kappa shape index (κ2) is 11.7. The smallest absolute Gasteiger partial charge is 0.459 e. The fourth-order valence-electron chi connectivity index (χ4n) is 3.46. The van der Waals surface area contributed by atoms with Gasteiger partial charge in [-0.3, -0.25) is 13.9 Å². The van der Waals surface area contributed by atoms with Gasteiger partial charge in [-0.1, -0.05) is 18.2 Å². The number of hydrogen-bond acceptors (Lipinski definition) is 12. The standard InChI is InChI=1S/C22H31N4O10P/c1-13(2)34-20(29)14(3)25-37(31,36-15-8-6-5-7-9-15)33-12-22(32-4)18(28)17(27)19(35-22)26-11-10-16(23)24-21(26)30/h5-11,13-14,17-19,27-28H,12H2,1-4H3,(H,25,31)(H2,23,24,30)/t14-,17-,18+,19-,22-,37?/m1/s1. The minimum absolute atomic E-state index is 0.0502. The van der Waals surface area contributed by atoms with Crippen LogP contribution in [0.15, 0.2) is 47.4 Å². The molecule has 0 spiro atoms. The summed E-state index contributed by atoms with van der Waals surface area (Å²) in [6, 6.07) is 8.20. The van der Waals surface area contributed by atoms with Gasteiger partial charge in [-0.15, -0.1) is 0 Å². The van der Waals surface area contributed by atoms with Crippen LogP contribution in [-0.4, -0.2) is 69.6 Å². The number of carbonyl (C=O) groups excluding carboxylic acids is 1. The zero-order chi connectivity index (χ0) is 27.4. The molecule has 1 saturated heterocycles. The molecule has 0 radical (unpaired) electrons. The molecule has 2 aromatic rings. The van der Waals surface area contributed by atoms with Crippen LogP contribution in [-0.2, 0) is 28.1 Å². The van der Waals surface area contributed by atoms with Crippen molar-refractivity contribution in [3.63, 3.8) is 0 Å². The van der Waals surface area contributed by atoms with E-state index in [9.17, 15) is 24.4 Å². The zero-order valence-corrected chi connectivity index (χ0v) is 21.6. The summed E-state index contributed by atoms with van der Waals surface area (Å²) in [5.41, 5.74) is 4.66. The molecule has 6 atom stereocenters. The number of aliphatic hydroxyl groups is 2. The minimum atomic E-state index is -4.36. The Morgan fingerprint density at radius 3 is 2.54 bits per heavy atom. The number of nitrogen functional groups attached to an aromatic ring is 1. The lowest BCUT2D eigenvalue weighted by Gasteiger charge is -2.32. The highest BCUT2D eigenvalue weighted by Gasteiger charge is 2.57. The quantitative estimate of drug-likeness (QED) is 0.227. The van der Waals surface area contributed by atoms with Crippen molar-refractivity contribution in [3.8, 4) is 5.75 Å². The Morgan fingerprint density at radius 1 is 1.27 bits per heavy atom. The van der Waals surface area contributed by atoms with Gasteiger partial charge in [0, 0.05) is 13.3 Å². The third kappa shape index (κ3) is 6.73. The average molecular weight is 542 g/mol. The van der Waals surface area contributed by atoms with Crippen LogP contribution in [0.1, 0.15) is 27.0 Å². The van der Waals surface area contributed by atoms with Gasteiger partial charge >= 0.3 is 19.4 Å². The maximum Gasteiger partial charge on any atom is 0.459 e. The molecule has 2 heterocycles. The van der Waals surface area contributed by atoms with Crippen molar-refractivity contribution in [2.75, 3.05) is 19.5 Å². The van der Waals surface area contributed by atoms with E-state index in [-0.39, 0.29) is 11.6 Å². The summed E-state index contributed by atoms with van der Waals surface area (Å²) in [5.74, 6) is -2.70. The molecule has 1 fully saturated rings. The number of nitrogens with one attached hydrogen (secondary N) is 1. The molecule has 1 aliphatic heterocycles. The molecule has 5 N–H and O–H groups in total. The summed E-state index contributed by atoms with van der Waals surface area (Å²) in [6.45, 7) is 3.97. The van der Waals surface area contributed by atoms with Crippen LogP contribution in [0.4, 0.5) is 5.82 Å². The lowest BCUT2D eigenvalue weighted by Crippen LogP contribution is -2.49. The lowest BCUT2D eigenvalue weighted by atomic mass is 10.1. The molecule has 1 aromatic carbocycles. The molecular weight excluding hydrogens is 511 g/mol. The van der Waals surface area contributed by atoms with E-state index in [0.717, 1.165) is 11.7 Å². The highest BCUT2D eigenvalue weighted by molar-refractivity contribution is 7.52. The number of carbonyl (C=O) groups is 1. The first-order valence-corrected chi connectivity index (χ1v) is 12.9. The second-order valence-corrected chi connectivity index (χ2v) is 10.2. The van der Waals surface area contributed by atoms with Crippen LogP contribution in [0.2, 0.25) is 0 Å². The number of methoxy groups -OCH3 is 1. The maximum absolute atomic E-state index is 13.7. The van der Waals surface area contributed by atoms with E-state index in [1.165, 1.54) is 31.3 Å². The van der Waals surface area contributed by atoms with Gasteiger partial charge in [-0.25, -0.2) is 9.36 Å². The van der Waals surface area contributed by atoms with Gasteiger partial charge in [0.15, 0.2) is 6.23 Å². The van der Waals surface area contributed by atoms with Gasteiger partial charge in [-0.05, 0) is 39.0 Å². The van der Waals surface area contributed by atoms with Gasteiger partial charge in [0.1, 0.15) is 36.4 Å². The third-order valence-corrected chi connectivity index (χ3v) is 6.94. The Balaban J connectivity index is 1.85. The number of esters is 1. The molecule has 0 bridgehead atoms. The molecule has 0 aliphatic carbocycles. The third-order valence-electron chi connectivity index (χ3n) is 5.32. The summed E-state index contributed by atoms with van der Waals surface area (Å²) in [6.07, 6.45) is -4.07. The van der Waals surface area contributed by atoms with Gasteiger partial charge in [-0.2, -0.15) is 10.1 Å². The lowest BCUT2D eigenvalue weighted by molar-refractivity contribution is -0.267. The monoisotopic (exact) mass is 542 g/mol. The maximum atomic E-state index is 13.7. The Hall–Kier alpha value is -2.84. The van der Waals surface area contributed by atoms with Crippen molar-refractivity contribution in [2.24, 2.45) is 0 Å². The van der Waals surface area contributed by atoms with Crippen molar-refractivity contribution in [3.05, 3.63) is 53.1 Å². The summed E-state index contributed by atoms with van der Waals surface area (Å²) in [5, 5.41) is 23.9. The zero-order valence-electron chi connectivity index (χ0n) is 20.7. The SMILES string of the molecule is CO[C@]1(COP(=O)(N[C@H](C)C(=O)OC(C)C)Oc2ccccc2)O[C@@H](n2ccc(N)nc2=O)[C@H](O)[C@@H]1O. The largest absolute Gasteiger partial charge is 0.462 e. The highest BCUT2D eigenvalue weighted by Crippen LogP contribution is 2.48. The number of aromatic nitrogens is 2. The van der Waals surface area contributed by atoms with Crippen LogP contribution >= 0.6 is 7.75 Å². The van der Waals surface area contributed by atoms with Crippen molar-refractivity contribution < 1.29 is 42.8 Å². The summed E-state index contributed by atoms with van der Waals surface area (Å²) >= 11 is 0. The van der Waals surface area contributed by atoms with E-state index in [1.807, 2.05) is 0 Å². The molecule has 0 amide bonds. The van der Waals surface area contributed by atoms with Gasteiger partial charge < -0.3 is 34.7 Å². The summed E-state index contributed by atoms with van der Waals surface area (Å²) in [4.78, 5) is 28.2. The fraction of sp³-hybridized carbons (Fsp3) is 0.500. The normalized spacial score (nSPS) is 26.0.